The van der Waals surface area contributed by atoms with Gasteiger partial charge in [-0.05, 0) is 98.2 Å². The number of aryl methyl sites for hydroxylation is 2. The molecule has 3 N–H and O–H groups in total. The molecule has 60 heavy (non-hydrogen) atoms. The van der Waals surface area contributed by atoms with Gasteiger partial charge in [0.2, 0.25) is 11.8 Å². The summed E-state index contributed by atoms with van der Waals surface area (Å²) in [5, 5.41) is 21.7. The zero-order valence-electron chi connectivity index (χ0n) is 33.9. The van der Waals surface area contributed by atoms with Crippen molar-refractivity contribution in [2.24, 2.45) is 0 Å². The molecule has 0 spiro atoms. The first-order valence-corrected chi connectivity index (χ1v) is 21.3. The number of hydrogen-bond acceptors (Lipinski definition) is 10. The lowest BCUT2D eigenvalue weighted by Gasteiger charge is -2.42. The Balaban J connectivity index is 0.000000187. The third-order valence-electron chi connectivity index (χ3n) is 11.2. The number of pyridine rings is 2. The third kappa shape index (κ3) is 12.6. The summed E-state index contributed by atoms with van der Waals surface area (Å²) in [5.41, 5.74) is 2.95. The number of aromatic nitrogens is 2. The number of halogens is 3. The van der Waals surface area contributed by atoms with Crippen molar-refractivity contribution in [1.82, 2.24) is 30.0 Å². The van der Waals surface area contributed by atoms with E-state index in [9.17, 15) is 23.5 Å². The fraction of sp³-hybridized carbons (Fsp3) is 0.467. The van der Waals surface area contributed by atoms with Crippen molar-refractivity contribution in [3.8, 4) is 11.5 Å². The van der Waals surface area contributed by atoms with Gasteiger partial charge in [0, 0.05) is 78.5 Å². The fourth-order valence-electron chi connectivity index (χ4n) is 7.66. The molecule has 2 aromatic carbocycles. The van der Waals surface area contributed by atoms with Crippen molar-refractivity contribution in [3.63, 3.8) is 0 Å². The molecule has 4 saturated heterocycles. The molecule has 4 fully saturated rings. The summed E-state index contributed by atoms with van der Waals surface area (Å²) in [5.74, 6) is 2.00. The molecule has 0 saturated carbocycles. The fourth-order valence-corrected chi connectivity index (χ4v) is 8.28. The monoisotopic (exact) mass is 892 g/mol. The van der Waals surface area contributed by atoms with Crippen LogP contribution in [0.25, 0.3) is 0 Å². The molecule has 8 rings (SSSR count). The Kier molecular flexibility index (Phi) is 17.0. The van der Waals surface area contributed by atoms with Crippen LogP contribution in [0.15, 0.2) is 73.1 Å². The van der Waals surface area contributed by atoms with E-state index in [1.165, 1.54) is 24.5 Å². The van der Waals surface area contributed by atoms with Crippen LogP contribution in [0.2, 0.25) is 0 Å². The maximum absolute atomic E-state index is 13.9. The summed E-state index contributed by atoms with van der Waals surface area (Å²) in [6.45, 7) is 13.1. The van der Waals surface area contributed by atoms with Gasteiger partial charge in [-0.25, -0.2) is 18.7 Å². The van der Waals surface area contributed by atoms with Crippen molar-refractivity contribution < 1.29 is 28.6 Å². The van der Waals surface area contributed by atoms with Crippen molar-refractivity contribution in [3.05, 3.63) is 107 Å². The molecule has 12 nitrogen and oxygen atoms in total. The van der Waals surface area contributed by atoms with Gasteiger partial charge < -0.3 is 35.1 Å². The number of carbonyl (C=O) groups excluding carboxylic acids is 2. The number of nitrogens with one attached hydrogen (secondary N) is 1. The first kappa shape index (κ1) is 46.2. The standard InChI is InChI=1S/C22H27FN4O2.C13H15BrFNO.C9H13N3O.CH4/c1-16-4-5-17(13-19(16)23)15-27-8-2-3-20(22(27)29)25-9-11-26(12-10-25)21-7-6-18(28)14-24-21;1-9-4-5-10(7-12(9)15)8-16-6-2-3-11(14)13(16)17;13-8-1-2-9(11-7-8)12-5-3-10-4-6-12;/h4-7,13-14,20,28H,2-3,8-12,15H2,1H3;4-5,7,11H,2-3,6,8H2,1H3;1-2,7,10,13H,3-6H2;1H4. The number of aromatic hydroxyl groups is 2. The molecule has 0 bridgehead atoms. The maximum atomic E-state index is 13.9. The predicted octanol–water partition coefficient (Wildman–Crippen LogP) is 6.40. The van der Waals surface area contributed by atoms with Crippen LogP contribution in [0, 0.1) is 25.5 Å². The minimum atomic E-state index is -0.220. The lowest BCUT2D eigenvalue weighted by Crippen LogP contribution is -2.57. The summed E-state index contributed by atoms with van der Waals surface area (Å²) >= 11 is 3.37. The predicted molar refractivity (Wildman–Crippen MR) is 235 cm³/mol. The Morgan fingerprint density at radius 3 is 1.63 bits per heavy atom. The molecular formula is C45H59BrF2N8O4. The van der Waals surface area contributed by atoms with Crippen LogP contribution >= 0.6 is 15.9 Å². The molecule has 0 radical (unpaired) electrons. The van der Waals surface area contributed by atoms with Gasteiger partial charge in [0.05, 0.1) is 23.3 Å². The zero-order chi connectivity index (χ0) is 41.9. The molecule has 2 atom stereocenters. The summed E-state index contributed by atoms with van der Waals surface area (Å²) in [6, 6.07) is 17.2. The lowest BCUT2D eigenvalue weighted by atomic mass is 10.0. The highest BCUT2D eigenvalue weighted by molar-refractivity contribution is 9.10. The number of anilines is 2. The van der Waals surface area contributed by atoms with Crippen LogP contribution in [0.4, 0.5) is 20.4 Å². The first-order valence-electron chi connectivity index (χ1n) is 20.4. The van der Waals surface area contributed by atoms with E-state index in [4.69, 9.17) is 5.11 Å². The lowest BCUT2D eigenvalue weighted by molar-refractivity contribution is -0.141. The quantitative estimate of drug-likeness (QED) is 0.180. The van der Waals surface area contributed by atoms with Crippen LogP contribution in [0.5, 0.6) is 11.5 Å². The van der Waals surface area contributed by atoms with Gasteiger partial charge in [-0.1, -0.05) is 47.6 Å². The molecule has 4 aliphatic heterocycles. The van der Waals surface area contributed by atoms with Gasteiger partial charge in [0.1, 0.15) is 34.8 Å². The highest BCUT2D eigenvalue weighted by Gasteiger charge is 2.35. The third-order valence-corrected chi connectivity index (χ3v) is 12.0. The summed E-state index contributed by atoms with van der Waals surface area (Å²) in [4.78, 5) is 43.6. The Morgan fingerprint density at radius 2 is 1.15 bits per heavy atom. The molecule has 15 heteroatoms. The number of piperidine rings is 2. The number of piperazine rings is 2. The summed E-state index contributed by atoms with van der Waals surface area (Å²) in [6.07, 6.45) is 6.66. The average Bonchev–Trinajstić information content (AvgIpc) is 3.24. The van der Waals surface area contributed by atoms with Gasteiger partial charge in [0.15, 0.2) is 0 Å². The van der Waals surface area contributed by atoms with Crippen LogP contribution in [-0.2, 0) is 22.7 Å². The molecule has 4 aliphatic rings. The van der Waals surface area contributed by atoms with Crippen molar-refractivity contribution in [1.29, 1.82) is 0 Å². The number of benzene rings is 2. The van der Waals surface area contributed by atoms with Crippen LogP contribution in [0.1, 0.15) is 55.4 Å². The Morgan fingerprint density at radius 1 is 0.667 bits per heavy atom. The van der Waals surface area contributed by atoms with E-state index >= 15 is 0 Å². The Hall–Kier alpha value is -4.86. The summed E-state index contributed by atoms with van der Waals surface area (Å²) < 4.78 is 27.3. The van der Waals surface area contributed by atoms with E-state index in [0.29, 0.717) is 24.2 Å². The van der Waals surface area contributed by atoms with Crippen LogP contribution < -0.4 is 15.1 Å². The Bertz CT molecular complexity index is 2000. The molecule has 4 aromatic rings. The van der Waals surface area contributed by atoms with Crippen molar-refractivity contribution in [2.45, 2.75) is 70.9 Å². The number of amides is 2. The van der Waals surface area contributed by atoms with Crippen molar-refractivity contribution in [2.75, 3.05) is 75.2 Å². The molecule has 2 aromatic heterocycles. The number of rotatable bonds is 7. The number of likely N-dealkylation sites (tertiary alicyclic amines) is 2. The van der Waals surface area contributed by atoms with Gasteiger partial charge in [-0.3, -0.25) is 14.5 Å². The zero-order valence-corrected chi connectivity index (χ0v) is 35.5. The molecular weight excluding hydrogens is 834 g/mol. The van der Waals surface area contributed by atoms with Gasteiger partial charge in [0.25, 0.3) is 0 Å². The first-order chi connectivity index (χ1) is 28.4. The summed E-state index contributed by atoms with van der Waals surface area (Å²) in [7, 11) is 0. The minimum absolute atomic E-state index is 0. The van der Waals surface area contributed by atoms with E-state index in [1.54, 1.807) is 43.0 Å². The second-order valence-corrected chi connectivity index (χ2v) is 16.6. The van der Waals surface area contributed by atoms with Gasteiger partial charge >= 0.3 is 0 Å². The van der Waals surface area contributed by atoms with E-state index in [0.717, 1.165) is 114 Å². The van der Waals surface area contributed by atoms with Gasteiger partial charge in [-0.15, -0.1) is 0 Å². The molecule has 2 unspecified atom stereocenters. The van der Waals surface area contributed by atoms with Crippen molar-refractivity contribution >= 4 is 39.4 Å². The van der Waals surface area contributed by atoms with E-state index in [-0.39, 0.29) is 53.2 Å². The van der Waals surface area contributed by atoms with Gasteiger partial charge in [-0.2, -0.15) is 0 Å². The number of nitrogens with zero attached hydrogens (tertiary/aromatic N) is 7. The molecule has 6 heterocycles. The topological polar surface area (TPSA) is 129 Å². The SMILES string of the molecule is C.Cc1ccc(CN2CCCC(Br)C2=O)cc1F.Cc1ccc(CN2CCCC(N3CCN(c4ccc(O)cn4)CC3)C2=O)cc1F.Oc1ccc(N2CCNCC2)nc1. The highest BCUT2D eigenvalue weighted by Crippen LogP contribution is 2.24. The second-order valence-electron chi connectivity index (χ2n) is 15.5. The minimum Gasteiger partial charge on any atom is -0.506 e. The largest absolute Gasteiger partial charge is 0.506 e. The highest BCUT2D eigenvalue weighted by atomic mass is 79.9. The molecule has 0 aliphatic carbocycles. The number of alkyl halides is 1. The second kappa shape index (κ2) is 22.1. The normalized spacial score (nSPS) is 19.8. The molecule has 2 amide bonds. The van der Waals surface area contributed by atoms with E-state index < -0.39 is 0 Å². The average molecular weight is 894 g/mol. The smallest absolute Gasteiger partial charge is 0.240 e. The maximum Gasteiger partial charge on any atom is 0.240 e. The molecule has 324 valence electrons. The number of hydrogen-bond donors (Lipinski definition) is 3. The van der Waals surface area contributed by atoms with E-state index in [1.807, 2.05) is 29.2 Å². The van der Waals surface area contributed by atoms with E-state index in [2.05, 4.69) is 45.9 Å². The Labute approximate surface area is 361 Å². The van der Waals surface area contributed by atoms with Crippen LogP contribution in [-0.4, -0.2) is 123 Å². The number of carbonyl (C=O) groups is 2. The van der Waals surface area contributed by atoms with Crippen LogP contribution in [0.3, 0.4) is 0 Å².